The predicted octanol–water partition coefficient (Wildman–Crippen LogP) is 4.57. The number of aromatic nitrogens is 3. The Hall–Kier alpha value is -1.93. The normalized spacial score (nSPS) is 11.9. The third-order valence-corrected chi connectivity index (χ3v) is 4.40. The van der Waals surface area contributed by atoms with Gasteiger partial charge < -0.3 is 4.90 Å². The van der Waals surface area contributed by atoms with Crippen molar-refractivity contribution >= 4 is 35.0 Å². The molecule has 140 valence electrons. The van der Waals surface area contributed by atoms with Gasteiger partial charge in [0.15, 0.2) is 5.15 Å². The van der Waals surface area contributed by atoms with Gasteiger partial charge in [-0.1, -0.05) is 11.6 Å². The quantitative estimate of drug-likeness (QED) is 0.609. The number of alkyl halides is 2. The van der Waals surface area contributed by atoms with E-state index in [0.717, 1.165) is 18.7 Å². The minimum atomic E-state index is -2.85. The number of allylic oxidation sites excluding steroid dienone is 1. The van der Waals surface area contributed by atoms with Gasteiger partial charge in [-0.25, -0.2) is 13.5 Å². The lowest BCUT2D eigenvalue weighted by Crippen LogP contribution is -2.30. The highest BCUT2D eigenvalue weighted by atomic mass is 35.5. The number of amides is 1. The molecule has 1 amide bonds. The first-order valence-corrected chi connectivity index (χ1v) is 9.37. The van der Waals surface area contributed by atoms with E-state index in [1.165, 1.54) is 22.1 Å². The number of hydrogen-bond acceptors (Lipinski definition) is 4. The van der Waals surface area contributed by atoms with Crippen molar-refractivity contribution in [2.24, 2.45) is 0 Å². The number of pyridine rings is 1. The molecule has 0 atom stereocenters. The van der Waals surface area contributed by atoms with Gasteiger partial charge in [-0.3, -0.25) is 9.78 Å². The summed E-state index contributed by atoms with van der Waals surface area (Å²) in [7, 11) is 0. The third kappa shape index (κ3) is 5.81. The first-order chi connectivity index (χ1) is 12.3. The van der Waals surface area contributed by atoms with Crippen LogP contribution in [0.2, 0.25) is 5.15 Å². The molecule has 2 heterocycles. The van der Waals surface area contributed by atoms with E-state index in [4.69, 9.17) is 11.6 Å². The first kappa shape index (κ1) is 20.4. The van der Waals surface area contributed by atoms with Crippen LogP contribution in [0.4, 0.5) is 14.5 Å². The summed E-state index contributed by atoms with van der Waals surface area (Å²) in [6, 6.07) is 3.60. The van der Waals surface area contributed by atoms with E-state index in [9.17, 15) is 13.6 Å². The van der Waals surface area contributed by atoms with E-state index < -0.39 is 5.92 Å². The number of halogens is 3. The zero-order valence-corrected chi connectivity index (χ0v) is 16.0. The lowest BCUT2D eigenvalue weighted by atomic mass is 10.3. The van der Waals surface area contributed by atoms with Crippen LogP contribution in [0.25, 0.3) is 5.69 Å². The third-order valence-electron chi connectivity index (χ3n) is 3.36. The second-order valence-corrected chi connectivity index (χ2v) is 6.85. The van der Waals surface area contributed by atoms with Gasteiger partial charge in [-0.15, -0.1) is 11.8 Å². The molecule has 0 bridgehead atoms. The molecule has 0 spiro atoms. The van der Waals surface area contributed by atoms with Gasteiger partial charge >= 0.3 is 0 Å². The summed E-state index contributed by atoms with van der Waals surface area (Å²) in [4.78, 5) is 18.0. The van der Waals surface area contributed by atoms with Crippen LogP contribution in [-0.2, 0) is 4.79 Å². The lowest BCUT2D eigenvalue weighted by molar-refractivity contribution is -0.118. The molecule has 9 heteroatoms. The minimum absolute atomic E-state index is 0.149. The van der Waals surface area contributed by atoms with Crippen molar-refractivity contribution in [3.8, 4) is 5.69 Å². The number of rotatable bonds is 8. The molecule has 0 saturated heterocycles. The topological polar surface area (TPSA) is 51.0 Å². The maximum absolute atomic E-state index is 12.7. The van der Waals surface area contributed by atoms with Gasteiger partial charge in [0.05, 0.1) is 18.1 Å². The van der Waals surface area contributed by atoms with Gasteiger partial charge in [0, 0.05) is 31.8 Å². The van der Waals surface area contributed by atoms with E-state index in [2.05, 4.69) is 10.1 Å². The fourth-order valence-corrected chi connectivity index (χ4v) is 3.14. The van der Waals surface area contributed by atoms with Crippen LogP contribution >= 0.6 is 23.4 Å². The van der Waals surface area contributed by atoms with Crippen LogP contribution in [0.3, 0.4) is 0 Å². The number of nitrogens with zero attached hydrogens (tertiary/aromatic N) is 4. The van der Waals surface area contributed by atoms with Crippen molar-refractivity contribution in [3.05, 3.63) is 47.4 Å². The van der Waals surface area contributed by atoms with Crippen molar-refractivity contribution in [3.63, 3.8) is 0 Å². The molecule has 0 unspecified atom stereocenters. The number of thioether (sulfide) groups is 1. The zero-order chi connectivity index (χ0) is 19.2. The molecule has 0 radical (unpaired) electrons. The Morgan fingerprint density at radius 3 is 2.88 bits per heavy atom. The predicted molar refractivity (Wildman–Crippen MR) is 101 cm³/mol. The van der Waals surface area contributed by atoms with Gasteiger partial charge in [0.25, 0.3) is 5.92 Å². The SMILES string of the molecule is CCN(C(=O)CCSC=CC(C)(F)F)c1cn(-c2cccnc2)nc1Cl. The highest BCUT2D eigenvalue weighted by molar-refractivity contribution is 8.02. The Kier molecular flexibility index (Phi) is 7.16. The molecule has 0 saturated carbocycles. The van der Waals surface area contributed by atoms with Crippen LogP contribution in [0.15, 0.2) is 42.2 Å². The molecule has 0 aliphatic rings. The van der Waals surface area contributed by atoms with E-state index in [-0.39, 0.29) is 17.5 Å². The Balaban J connectivity index is 2.03. The van der Waals surface area contributed by atoms with Gasteiger partial charge in [-0.05, 0) is 30.5 Å². The van der Waals surface area contributed by atoms with E-state index in [0.29, 0.717) is 18.0 Å². The van der Waals surface area contributed by atoms with E-state index in [1.54, 1.807) is 29.3 Å². The molecule has 2 aromatic heterocycles. The summed E-state index contributed by atoms with van der Waals surface area (Å²) >= 11 is 7.37. The van der Waals surface area contributed by atoms with Gasteiger partial charge in [0.1, 0.15) is 5.69 Å². The van der Waals surface area contributed by atoms with Crippen LogP contribution in [0.1, 0.15) is 20.3 Å². The first-order valence-electron chi connectivity index (χ1n) is 7.95. The molecule has 2 aromatic rings. The average molecular weight is 401 g/mol. The Labute approximate surface area is 160 Å². The van der Waals surface area contributed by atoms with Crippen molar-refractivity contribution < 1.29 is 13.6 Å². The van der Waals surface area contributed by atoms with Gasteiger partial charge in [0.2, 0.25) is 5.91 Å². The Morgan fingerprint density at radius 1 is 1.50 bits per heavy atom. The average Bonchev–Trinajstić information content (AvgIpc) is 2.97. The molecule has 0 aliphatic carbocycles. The molecular weight excluding hydrogens is 382 g/mol. The lowest BCUT2D eigenvalue weighted by Gasteiger charge is -2.19. The zero-order valence-electron chi connectivity index (χ0n) is 14.4. The summed E-state index contributed by atoms with van der Waals surface area (Å²) < 4.78 is 26.9. The van der Waals surface area contributed by atoms with Crippen molar-refractivity contribution in [2.75, 3.05) is 17.2 Å². The number of anilines is 1. The second-order valence-electron chi connectivity index (χ2n) is 5.48. The minimum Gasteiger partial charge on any atom is -0.308 e. The summed E-state index contributed by atoms with van der Waals surface area (Å²) in [6.45, 7) is 3.07. The highest BCUT2D eigenvalue weighted by Crippen LogP contribution is 2.26. The molecule has 0 aliphatic heterocycles. The molecule has 5 nitrogen and oxygen atoms in total. The standard InChI is InChI=1S/C17H19ClF2N4OS/c1-3-23(15(25)6-9-26-10-7-17(2,19)20)14-12-24(22-16(14)18)13-5-4-8-21-11-13/h4-5,7-8,10-12H,3,6,9H2,1-2H3. The summed E-state index contributed by atoms with van der Waals surface area (Å²) in [5, 5.41) is 5.74. The molecule has 0 aromatic carbocycles. The highest BCUT2D eigenvalue weighted by Gasteiger charge is 2.20. The number of carbonyl (C=O) groups is 1. The maximum Gasteiger partial charge on any atom is 0.264 e. The summed E-state index contributed by atoms with van der Waals surface area (Å²) in [5.74, 6) is -2.60. The molecular formula is C17H19ClF2N4OS. The van der Waals surface area contributed by atoms with Crippen LogP contribution < -0.4 is 4.90 Å². The monoisotopic (exact) mass is 400 g/mol. The molecule has 0 fully saturated rings. The van der Waals surface area contributed by atoms with Crippen molar-refractivity contribution in [1.29, 1.82) is 0 Å². The number of hydrogen-bond donors (Lipinski definition) is 0. The van der Waals surface area contributed by atoms with Crippen molar-refractivity contribution in [1.82, 2.24) is 14.8 Å². The number of carbonyl (C=O) groups excluding carboxylic acids is 1. The van der Waals surface area contributed by atoms with E-state index in [1.807, 2.05) is 13.0 Å². The van der Waals surface area contributed by atoms with Crippen LogP contribution in [-0.4, -0.2) is 38.9 Å². The smallest absolute Gasteiger partial charge is 0.264 e. The summed E-state index contributed by atoms with van der Waals surface area (Å²) in [6.07, 6.45) is 5.97. The van der Waals surface area contributed by atoms with Crippen molar-refractivity contribution in [2.45, 2.75) is 26.2 Å². The summed E-state index contributed by atoms with van der Waals surface area (Å²) in [5.41, 5.74) is 1.23. The maximum atomic E-state index is 12.7. The second kappa shape index (κ2) is 9.14. The van der Waals surface area contributed by atoms with Gasteiger partial charge in [-0.2, -0.15) is 5.10 Å². The fourth-order valence-electron chi connectivity index (χ4n) is 2.14. The Bertz CT molecular complexity index is 762. The van der Waals surface area contributed by atoms with E-state index >= 15 is 0 Å². The van der Waals surface area contributed by atoms with Crippen LogP contribution in [0.5, 0.6) is 0 Å². The molecule has 2 rings (SSSR count). The fraction of sp³-hybridized carbons (Fsp3) is 0.353. The molecule has 26 heavy (non-hydrogen) atoms. The largest absolute Gasteiger partial charge is 0.308 e. The van der Waals surface area contributed by atoms with Crippen LogP contribution in [0, 0.1) is 0 Å². The molecule has 0 N–H and O–H groups in total. The Morgan fingerprint density at radius 2 is 2.27 bits per heavy atom.